The summed E-state index contributed by atoms with van der Waals surface area (Å²) >= 11 is 0. The zero-order valence-electron chi connectivity index (χ0n) is 6.96. The molecule has 1 aromatic carbocycles. The van der Waals surface area contributed by atoms with Gasteiger partial charge in [-0.2, -0.15) is 0 Å². The fourth-order valence-corrected chi connectivity index (χ4v) is 2.33. The summed E-state index contributed by atoms with van der Waals surface area (Å²) in [6.45, 7) is 1.14. The molecule has 0 saturated carbocycles. The van der Waals surface area contributed by atoms with E-state index in [2.05, 4.69) is 23.1 Å². The summed E-state index contributed by atoms with van der Waals surface area (Å²) in [7, 11) is 0. The molecule has 0 amide bonds. The predicted molar refractivity (Wildman–Crippen MR) is 49.0 cm³/mol. The van der Waals surface area contributed by atoms with E-state index < -0.39 is 0 Å². The second-order valence-electron chi connectivity index (χ2n) is 3.60. The molecule has 2 nitrogen and oxygen atoms in total. The van der Waals surface area contributed by atoms with Crippen LogP contribution in [0.3, 0.4) is 0 Å². The van der Waals surface area contributed by atoms with E-state index in [0.717, 1.165) is 6.54 Å². The van der Waals surface area contributed by atoms with E-state index in [1.165, 1.54) is 29.7 Å². The maximum atomic E-state index is 5.97. The highest BCUT2D eigenvalue weighted by atomic mass is 15.3. The zero-order valence-corrected chi connectivity index (χ0v) is 6.96. The Labute approximate surface area is 72.0 Å². The van der Waals surface area contributed by atoms with Gasteiger partial charge in [0.1, 0.15) is 6.17 Å². The van der Waals surface area contributed by atoms with E-state index in [0.29, 0.717) is 0 Å². The number of hydrogen-bond acceptors (Lipinski definition) is 2. The van der Waals surface area contributed by atoms with E-state index in [9.17, 15) is 0 Å². The third-order valence-corrected chi connectivity index (χ3v) is 2.94. The summed E-state index contributed by atoms with van der Waals surface area (Å²) in [5.41, 5.74) is 10.2. The molecule has 0 radical (unpaired) electrons. The van der Waals surface area contributed by atoms with E-state index in [-0.39, 0.29) is 6.17 Å². The van der Waals surface area contributed by atoms with E-state index >= 15 is 0 Å². The molecule has 2 N–H and O–H groups in total. The van der Waals surface area contributed by atoms with Gasteiger partial charge in [0.2, 0.25) is 0 Å². The molecule has 2 aliphatic heterocycles. The first-order chi connectivity index (χ1) is 5.88. The van der Waals surface area contributed by atoms with Gasteiger partial charge in [0.25, 0.3) is 0 Å². The fraction of sp³-hybridized carbons (Fsp3) is 0.400. The smallest absolute Gasteiger partial charge is 0.105 e. The van der Waals surface area contributed by atoms with Crippen LogP contribution in [0.5, 0.6) is 0 Å². The molecule has 0 saturated heterocycles. The molecule has 0 fully saturated rings. The Morgan fingerprint density at radius 1 is 1.42 bits per heavy atom. The summed E-state index contributed by atoms with van der Waals surface area (Å²) in [5, 5.41) is 0. The van der Waals surface area contributed by atoms with Crippen molar-refractivity contribution in [1.29, 1.82) is 0 Å². The van der Waals surface area contributed by atoms with Crippen molar-refractivity contribution in [2.24, 2.45) is 5.73 Å². The SMILES string of the molecule is NC1c2cccc3c2N1CCC3. The van der Waals surface area contributed by atoms with E-state index in [1.807, 2.05) is 0 Å². The normalized spacial score (nSPS) is 24.8. The fourth-order valence-electron chi connectivity index (χ4n) is 2.33. The maximum Gasteiger partial charge on any atom is 0.105 e. The molecule has 62 valence electrons. The van der Waals surface area contributed by atoms with Crippen molar-refractivity contribution in [3.63, 3.8) is 0 Å². The largest absolute Gasteiger partial charge is 0.351 e. The number of rotatable bonds is 0. The number of nitrogens with zero attached hydrogens (tertiary/aromatic N) is 1. The van der Waals surface area contributed by atoms with Crippen molar-refractivity contribution >= 4 is 5.69 Å². The molecule has 1 atom stereocenters. The van der Waals surface area contributed by atoms with Crippen molar-refractivity contribution in [2.45, 2.75) is 19.0 Å². The first-order valence-corrected chi connectivity index (χ1v) is 4.52. The van der Waals surface area contributed by atoms with Crippen LogP contribution < -0.4 is 10.6 Å². The molecule has 2 heteroatoms. The molecule has 12 heavy (non-hydrogen) atoms. The quantitative estimate of drug-likeness (QED) is 0.621. The summed E-state index contributed by atoms with van der Waals surface area (Å²) in [6.07, 6.45) is 2.66. The average Bonchev–Trinajstić information content (AvgIpc) is 2.16. The number of hydrogen-bond donors (Lipinski definition) is 1. The van der Waals surface area contributed by atoms with E-state index in [1.54, 1.807) is 0 Å². The summed E-state index contributed by atoms with van der Waals surface area (Å²) in [6, 6.07) is 6.48. The molecule has 0 aromatic heterocycles. The minimum Gasteiger partial charge on any atom is -0.351 e. The van der Waals surface area contributed by atoms with Crippen LogP contribution in [0, 0.1) is 0 Å². The molecule has 1 aromatic rings. The van der Waals surface area contributed by atoms with Gasteiger partial charge in [-0.1, -0.05) is 18.2 Å². The molecule has 2 heterocycles. The summed E-state index contributed by atoms with van der Waals surface area (Å²) in [4.78, 5) is 2.31. The Bertz CT molecular complexity index is 318. The topological polar surface area (TPSA) is 29.3 Å². The number of aryl methyl sites for hydroxylation is 1. The Morgan fingerprint density at radius 2 is 2.33 bits per heavy atom. The van der Waals surface area contributed by atoms with Crippen LogP contribution in [0.1, 0.15) is 23.7 Å². The lowest BCUT2D eigenvalue weighted by atomic mass is 9.89. The van der Waals surface area contributed by atoms with Gasteiger partial charge in [-0.05, 0) is 18.4 Å². The van der Waals surface area contributed by atoms with Crippen LogP contribution in [0.2, 0.25) is 0 Å². The third kappa shape index (κ3) is 0.596. The first-order valence-electron chi connectivity index (χ1n) is 4.52. The molecule has 0 spiro atoms. The van der Waals surface area contributed by atoms with Gasteiger partial charge in [0, 0.05) is 17.8 Å². The van der Waals surface area contributed by atoms with Gasteiger partial charge < -0.3 is 10.6 Å². The minimum absolute atomic E-state index is 0.181. The van der Waals surface area contributed by atoms with Crippen molar-refractivity contribution in [3.8, 4) is 0 Å². The minimum atomic E-state index is 0.181. The zero-order chi connectivity index (χ0) is 8.13. The standard InChI is InChI=1S/C10H12N2/c11-10-8-5-1-3-7-4-2-6-12(10)9(7)8/h1,3,5,10H,2,4,6,11H2. The Morgan fingerprint density at radius 3 is 3.25 bits per heavy atom. The molecule has 2 aliphatic rings. The van der Waals surface area contributed by atoms with Crippen molar-refractivity contribution in [2.75, 3.05) is 11.4 Å². The molecule has 0 aliphatic carbocycles. The molecule has 0 bridgehead atoms. The highest BCUT2D eigenvalue weighted by Crippen LogP contribution is 2.45. The number of anilines is 1. The van der Waals surface area contributed by atoms with Crippen molar-refractivity contribution in [3.05, 3.63) is 29.3 Å². The third-order valence-electron chi connectivity index (χ3n) is 2.94. The Hall–Kier alpha value is -1.02. The Kier molecular flexibility index (Phi) is 1.09. The monoisotopic (exact) mass is 160 g/mol. The van der Waals surface area contributed by atoms with Crippen LogP contribution in [0.4, 0.5) is 5.69 Å². The molecular weight excluding hydrogens is 148 g/mol. The van der Waals surface area contributed by atoms with Crippen LogP contribution in [0.25, 0.3) is 0 Å². The number of para-hydroxylation sites is 1. The van der Waals surface area contributed by atoms with E-state index in [4.69, 9.17) is 5.73 Å². The second kappa shape index (κ2) is 2.02. The van der Waals surface area contributed by atoms with Crippen LogP contribution in [-0.4, -0.2) is 6.54 Å². The van der Waals surface area contributed by atoms with Gasteiger partial charge >= 0.3 is 0 Å². The van der Waals surface area contributed by atoms with Crippen molar-refractivity contribution < 1.29 is 0 Å². The van der Waals surface area contributed by atoms with Crippen molar-refractivity contribution in [1.82, 2.24) is 0 Å². The maximum absolute atomic E-state index is 5.97. The lowest BCUT2D eigenvalue weighted by molar-refractivity contribution is 0.543. The average molecular weight is 160 g/mol. The molecular formula is C10H12N2. The molecule has 1 unspecified atom stereocenters. The Balaban J connectivity index is 2.22. The van der Waals surface area contributed by atoms with Crippen LogP contribution in [-0.2, 0) is 6.42 Å². The van der Waals surface area contributed by atoms with Crippen LogP contribution >= 0.6 is 0 Å². The molecule has 3 rings (SSSR count). The van der Waals surface area contributed by atoms with Gasteiger partial charge in [-0.25, -0.2) is 0 Å². The lowest BCUT2D eigenvalue weighted by Crippen LogP contribution is -2.46. The first kappa shape index (κ1) is 6.49. The van der Waals surface area contributed by atoms with Gasteiger partial charge in [0.05, 0.1) is 0 Å². The summed E-state index contributed by atoms with van der Waals surface area (Å²) < 4.78 is 0. The predicted octanol–water partition coefficient (Wildman–Crippen LogP) is 1.41. The number of nitrogens with two attached hydrogens (primary N) is 1. The van der Waals surface area contributed by atoms with Gasteiger partial charge in [0.15, 0.2) is 0 Å². The highest BCUT2D eigenvalue weighted by Gasteiger charge is 2.35. The number of benzene rings is 1. The van der Waals surface area contributed by atoms with Crippen LogP contribution in [0.15, 0.2) is 18.2 Å². The van der Waals surface area contributed by atoms with Gasteiger partial charge in [-0.15, -0.1) is 0 Å². The van der Waals surface area contributed by atoms with Gasteiger partial charge in [-0.3, -0.25) is 0 Å². The highest BCUT2D eigenvalue weighted by molar-refractivity contribution is 5.71. The summed E-state index contributed by atoms with van der Waals surface area (Å²) in [5.74, 6) is 0. The lowest BCUT2D eigenvalue weighted by Gasteiger charge is -2.46. The second-order valence-corrected chi connectivity index (χ2v) is 3.60.